The zero-order valence-corrected chi connectivity index (χ0v) is 8.70. The fraction of sp³-hybridized carbons (Fsp3) is 0.111. The summed E-state index contributed by atoms with van der Waals surface area (Å²) in [7, 11) is 0. The Bertz CT molecular complexity index is 244. The van der Waals surface area contributed by atoms with Gasteiger partial charge < -0.3 is 5.32 Å². The molecule has 0 aromatic carbocycles. The van der Waals surface area contributed by atoms with Gasteiger partial charge in [0.2, 0.25) is 0 Å². The van der Waals surface area contributed by atoms with Crippen LogP contribution in [0.3, 0.4) is 0 Å². The number of pyridine rings is 1. The molecule has 0 amide bonds. The second-order valence-corrected chi connectivity index (χ2v) is 3.98. The number of rotatable bonds is 0. The van der Waals surface area contributed by atoms with Crippen molar-refractivity contribution in [3.63, 3.8) is 0 Å². The van der Waals surface area contributed by atoms with Crippen molar-refractivity contribution in [3.8, 4) is 0 Å². The Morgan fingerprint density at radius 2 is 2.08 bits per heavy atom. The van der Waals surface area contributed by atoms with Crippen LogP contribution in [0.25, 0.3) is 0 Å². The lowest BCUT2D eigenvalue weighted by molar-refractivity contribution is 1.21. The van der Waals surface area contributed by atoms with Crippen molar-refractivity contribution < 1.29 is 0 Å². The maximum absolute atomic E-state index is 4.79. The van der Waals surface area contributed by atoms with Crippen molar-refractivity contribution in [2.45, 2.75) is 0 Å². The SMILES string of the molecule is C=C1CSC(=S)N1.c1ccncc1. The van der Waals surface area contributed by atoms with E-state index < -0.39 is 0 Å². The molecular formula is C9H10N2S2. The highest BCUT2D eigenvalue weighted by Crippen LogP contribution is 2.13. The Labute approximate surface area is 87.5 Å². The summed E-state index contributed by atoms with van der Waals surface area (Å²) >= 11 is 6.41. The lowest BCUT2D eigenvalue weighted by atomic mass is 10.5. The lowest BCUT2D eigenvalue weighted by Crippen LogP contribution is -2.07. The minimum Gasteiger partial charge on any atom is -0.344 e. The van der Waals surface area contributed by atoms with Crippen LogP contribution in [-0.4, -0.2) is 15.1 Å². The molecule has 1 aliphatic heterocycles. The summed E-state index contributed by atoms with van der Waals surface area (Å²) in [5.41, 5.74) is 1.02. The third-order valence-corrected chi connectivity index (χ3v) is 2.54. The topological polar surface area (TPSA) is 24.9 Å². The molecule has 0 unspecified atom stereocenters. The first kappa shape index (κ1) is 10.2. The Morgan fingerprint density at radius 1 is 1.38 bits per heavy atom. The van der Waals surface area contributed by atoms with Gasteiger partial charge in [-0.1, -0.05) is 36.6 Å². The van der Waals surface area contributed by atoms with E-state index in [1.165, 1.54) is 0 Å². The summed E-state index contributed by atoms with van der Waals surface area (Å²) in [5, 5.41) is 2.92. The van der Waals surface area contributed by atoms with E-state index in [1.807, 2.05) is 18.2 Å². The van der Waals surface area contributed by atoms with Crippen LogP contribution in [0.1, 0.15) is 0 Å². The van der Waals surface area contributed by atoms with Gasteiger partial charge in [-0.15, -0.1) is 0 Å². The van der Waals surface area contributed by atoms with Crippen molar-refractivity contribution in [2.75, 3.05) is 5.75 Å². The second kappa shape index (κ2) is 5.72. The first-order chi connectivity index (χ1) is 6.29. The van der Waals surface area contributed by atoms with Crippen LogP contribution in [0.5, 0.6) is 0 Å². The molecule has 2 rings (SSSR count). The number of thiocarbonyl (C=S) groups is 1. The van der Waals surface area contributed by atoms with Crippen LogP contribution in [0.2, 0.25) is 0 Å². The maximum Gasteiger partial charge on any atom is 0.138 e. The van der Waals surface area contributed by atoms with Crippen LogP contribution < -0.4 is 5.32 Å². The molecule has 0 spiro atoms. The molecule has 1 fully saturated rings. The number of thioether (sulfide) groups is 1. The molecule has 68 valence electrons. The number of nitrogens with zero attached hydrogens (tertiary/aromatic N) is 1. The van der Waals surface area contributed by atoms with E-state index in [9.17, 15) is 0 Å². The van der Waals surface area contributed by atoms with Gasteiger partial charge in [0, 0.05) is 23.8 Å². The fourth-order valence-corrected chi connectivity index (χ4v) is 1.60. The summed E-state index contributed by atoms with van der Waals surface area (Å²) < 4.78 is 0.852. The fourth-order valence-electron chi connectivity index (χ4n) is 0.682. The molecule has 0 atom stereocenters. The molecule has 0 saturated carbocycles. The first-order valence-electron chi connectivity index (χ1n) is 3.75. The molecule has 0 radical (unpaired) electrons. The zero-order valence-electron chi connectivity index (χ0n) is 7.06. The number of nitrogens with one attached hydrogen (secondary N) is 1. The first-order valence-corrected chi connectivity index (χ1v) is 5.15. The summed E-state index contributed by atoms with van der Waals surface area (Å²) in [4.78, 5) is 3.78. The Balaban J connectivity index is 0.000000132. The summed E-state index contributed by atoms with van der Waals surface area (Å²) in [5.74, 6) is 0.943. The van der Waals surface area contributed by atoms with Crippen LogP contribution in [0.4, 0.5) is 0 Å². The van der Waals surface area contributed by atoms with Crippen LogP contribution in [-0.2, 0) is 0 Å². The predicted octanol–water partition coefficient (Wildman–Crippen LogP) is 2.20. The standard InChI is InChI=1S/C5H5N.C4H5NS2/c1-2-4-6-5-3-1;1-3-2-7-4(6)5-3/h1-5H;1-2H2,(H,5,6). The van der Waals surface area contributed by atoms with Gasteiger partial charge in [0.1, 0.15) is 4.32 Å². The van der Waals surface area contributed by atoms with Crippen molar-refractivity contribution in [1.82, 2.24) is 10.3 Å². The predicted molar refractivity (Wildman–Crippen MR) is 61.6 cm³/mol. The highest BCUT2D eigenvalue weighted by molar-refractivity contribution is 8.23. The Kier molecular flexibility index (Phi) is 4.49. The highest BCUT2D eigenvalue weighted by Gasteiger charge is 2.07. The van der Waals surface area contributed by atoms with Gasteiger partial charge in [-0.3, -0.25) is 4.98 Å². The number of hydrogen-bond donors (Lipinski definition) is 1. The van der Waals surface area contributed by atoms with Gasteiger partial charge in [0.15, 0.2) is 0 Å². The van der Waals surface area contributed by atoms with Crippen molar-refractivity contribution in [2.24, 2.45) is 0 Å². The monoisotopic (exact) mass is 210 g/mol. The normalized spacial score (nSPS) is 14.5. The minimum absolute atomic E-state index is 0.852. The van der Waals surface area contributed by atoms with Gasteiger partial charge in [0.25, 0.3) is 0 Å². The molecule has 1 aromatic heterocycles. The third-order valence-electron chi connectivity index (χ3n) is 1.22. The Hall–Kier alpha value is -0.870. The number of aromatic nitrogens is 1. The average Bonchev–Trinajstić information content (AvgIpc) is 2.54. The van der Waals surface area contributed by atoms with E-state index in [1.54, 1.807) is 24.2 Å². The van der Waals surface area contributed by atoms with Crippen molar-refractivity contribution in [1.29, 1.82) is 0 Å². The molecule has 0 bridgehead atoms. The van der Waals surface area contributed by atoms with E-state index >= 15 is 0 Å². The average molecular weight is 210 g/mol. The van der Waals surface area contributed by atoms with Crippen LogP contribution in [0, 0.1) is 0 Å². The molecule has 1 aromatic rings. The lowest BCUT2D eigenvalue weighted by Gasteiger charge is -1.87. The van der Waals surface area contributed by atoms with Crippen molar-refractivity contribution >= 4 is 28.3 Å². The van der Waals surface area contributed by atoms with Gasteiger partial charge in [-0.25, -0.2) is 0 Å². The molecule has 2 nitrogen and oxygen atoms in total. The molecule has 13 heavy (non-hydrogen) atoms. The molecule has 1 N–H and O–H groups in total. The maximum atomic E-state index is 4.79. The molecule has 2 heterocycles. The molecule has 1 saturated heterocycles. The highest BCUT2D eigenvalue weighted by atomic mass is 32.2. The smallest absolute Gasteiger partial charge is 0.138 e. The summed E-state index contributed by atoms with van der Waals surface area (Å²) in [6.45, 7) is 3.69. The zero-order chi connectivity index (χ0) is 9.52. The van der Waals surface area contributed by atoms with E-state index in [2.05, 4.69) is 16.9 Å². The van der Waals surface area contributed by atoms with E-state index in [-0.39, 0.29) is 0 Å². The van der Waals surface area contributed by atoms with Gasteiger partial charge >= 0.3 is 0 Å². The Morgan fingerprint density at radius 3 is 2.23 bits per heavy atom. The second-order valence-electron chi connectivity index (χ2n) is 2.33. The quantitative estimate of drug-likeness (QED) is 0.664. The number of hydrogen-bond acceptors (Lipinski definition) is 3. The molecule has 0 aliphatic carbocycles. The molecular weight excluding hydrogens is 200 g/mol. The van der Waals surface area contributed by atoms with Gasteiger partial charge in [-0.2, -0.15) is 0 Å². The molecule has 1 aliphatic rings. The summed E-state index contributed by atoms with van der Waals surface area (Å²) in [6.07, 6.45) is 3.50. The summed E-state index contributed by atoms with van der Waals surface area (Å²) in [6, 6.07) is 5.72. The van der Waals surface area contributed by atoms with E-state index in [0.29, 0.717) is 0 Å². The van der Waals surface area contributed by atoms with E-state index in [0.717, 1.165) is 15.8 Å². The third kappa shape index (κ3) is 4.65. The van der Waals surface area contributed by atoms with E-state index in [4.69, 9.17) is 12.2 Å². The minimum atomic E-state index is 0.852. The molecule has 4 heteroatoms. The van der Waals surface area contributed by atoms with Crippen LogP contribution in [0.15, 0.2) is 42.9 Å². The largest absolute Gasteiger partial charge is 0.344 e. The van der Waals surface area contributed by atoms with Crippen molar-refractivity contribution in [3.05, 3.63) is 42.9 Å². The van der Waals surface area contributed by atoms with Crippen LogP contribution >= 0.6 is 24.0 Å². The van der Waals surface area contributed by atoms with Gasteiger partial charge in [0.05, 0.1) is 0 Å². The van der Waals surface area contributed by atoms with Gasteiger partial charge in [-0.05, 0) is 12.1 Å².